The van der Waals surface area contributed by atoms with E-state index in [1.807, 2.05) is 13.8 Å². The molecule has 1 aliphatic heterocycles. The molecule has 4 heteroatoms. The molecule has 4 nitrogen and oxygen atoms in total. The van der Waals surface area contributed by atoms with E-state index in [0.717, 1.165) is 6.54 Å². The number of nitrogens with zero attached hydrogens (tertiary/aromatic N) is 1. The fraction of sp³-hybridized carbons (Fsp3) is 0.700. The lowest BCUT2D eigenvalue weighted by molar-refractivity contribution is 0.0382. The quantitative estimate of drug-likeness (QED) is 0.657. The van der Waals surface area contributed by atoms with Crippen molar-refractivity contribution < 1.29 is 9.90 Å². The van der Waals surface area contributed by atoms with Gasteiger partial charge in [-0.1, -0.05) is 6.08 Å². The first-order chi connectivity index (χ1) is 6.51. The monoisotopic (exact) mass is 198 g/mol. The summed E-state index contributed by atoms with van der Waals surface area (Å²) in [5.41, 5.74) is -0.356. The predicted octanol–water partition coefficient (Wildman–Crippen LogP) is 1.29. The van der Waals surface area contributed by atoms with Crippen LogP contribution in [0.4, 0.5) is 4.79 Å². The summed E-state index contributed by atoms with van der Waals surface area (Å²) in [5.74, 6) is 0. The highest BCUT2D eigenvalue weighted by Gasteiger charge is 2.40. The SMILES string of the molecule is C=CC[C@]1(C)CNC[C@H](C)N1C(=O)O. The molecule has 1 aliphatic rings. The van der Waals surface area contributed by atoms with Gasteiger partial charge in [-0.05, 0) is 20.3 Å². The minimum Gasteiger partial charge on any atom is -0.465 e. The van der Waals surface area contributed by atoms with Crippen LogP contribution < -0.4 is 5.32 Å². The minimum atomic E-state index is -0.844. The van der Waals surface area contributed by atoms with E-state index < -0.39 is 6.09 Å². The Hall–Kier alpha value is -1.03. The fourth-order valence-corrected chi connectivity index (χ4v) is 2.16. The molecule has 0 aromatic carbocycles. The molecule has 0 aliphatic carbocycles. The standard InChI is InChI=1S/C10H18N2O2/c1-4-5-10(3)7-11-6-8(2)12(10)9(13)14/h4,8,11H,1,5-7H2,2-3H3,(H,13,14)/t8-,10+/m0/s1. The van der Waals surface area contributed by atoms with Gasteiger partial charge in [-0.25, -0.2) is 4.79 Å². The van der Waals surface area contributed by atoms with Gasteiger partial charge in [0, 0.05) is 19.1 Å². The van der Waals surface area contributed by atoms with E-state index in [1.165, 1.54) is 4.90 Å². The Labute approximate surface area is 84.6 Å². The number of rotatable bonds is 2. The first-order valence-corrected chi connectivity index (χ1v) is 4.85. The van der Waals surface area contributed by atoms with Crippen molar-refractivity contribution in [2.24, 2.45) is 0 Å². The summed E-state index contributed by atoms with van der Waals surface area (Å²) in [6.45, 7) is 8.95. The van der Waals surface area contributed by atoms with Crippen LogP contribution >= 0.6 is 0 Å². The topological polar surface area (TPSA) is 52.6 Å². The molecule has 0 radical (unpaired) electrons. The third-order valence-electron chi connectivity index (χ3n) is 2.76. The van der Waals surface area contributed by atoms with Crippen LogP contribution in [0.1, 0.15) is 20.3 Å². The third-order valence-corrected chi connectivity index (χ3v) is 2.76. The van der Waals surface area contributed by atoms with Crippen molar-refractivity contribution in [3.63, 3.8) is 0 Å². The molecule has 2 atom stereocenters. The van der Waals surface area contributed by atoms with Crippen LogP contribution in [0.3, 0.4) is 0 Å². The normalized spacial score (nSPS) is 32.7. The summed E-state index contributed by atoms with van der Waals surface area (Å²) in [7, 11) is 0. The summed E-state index contributed by atoms with van der Waals surface area (Å²) >= 11 is 0. The molecule has 0 saturated carbocycles. The number of hydrogen-bond donors (Lipinski definition) is 2. The predicted molar refractivity (Wildman–Crippen MR) is 55.4 cm³/mol. The first-order valence-electron chi connectivity index (χ1n) is 4.85. The van der Waals surface area contributed by atoms with Gasteiger partial charge in [-0.2, -0.15) is 0 Å². The molecule has 0 unspecified atom stereocenters. The van der Waals surface area contributed by atoms with Crippen LogP contribution in [0, 0.1) is 0 Å². The second-order valence-corrected chi connectivity index (χ2v) is 4.12. The molecule has 14 heavy (non-hydrogen) atoms. The summed E-state index contributed by atoms with van der Waals surface area (Å²) in [6, 6.07) is 0.0196. The largest absolute Gasteiger partial charge is 0.465 e. The average Bonchev–Trinajstić information content (AvgIpc) is 2.02. The van der Waals surface area contributed by atoms with Crippen LogP contribution in [0.2, 0.25) is 0 Å². The van der Waals surface area contributed by atoms with Crippen LogP contribution in [0.25, 0.3) is 0 Å². The average molecular weight is 198 g/mol. The maximum Gasteiger partial charge on any atom is 0.408 e. The first kappa shape index (κ1) is 11.0. The van der Waals surface area contributed by atoms with Gasteiger partial charge in [-0.3, -0.25) is 4.90 Å². The number of amides is 1. The van der Waals surface area contributed by atoms with E-state index >= 15 is 0 Å². The molecule has 0 bridgehead atoms. The van der Waals surface area contributed by atoms with Crippen LogP contribution in [-0.4, -0.2) is 40.8 Å². The van der Waals surface area contributed by atoms with Crippen LogP contribution in [-0.2, 0) is 0 Å². The minimum absolute atomic E-state index is 0.0196. The lowest BCUT2D eigenvalue weighted by atomic mass is 9.91. The summed E-state index contributed by atoms with van der Waals surface area (Å²) < 4.78 is 0. The van der Waals surface area contributed by atoms with E-state index in [2.05, 4.69) is 11.9 Å². The molecule has 1 saturated heterocycles. The molecule has 80 valence electrons. The lowest BCUT2D eigenvalue weighted by Gasteiger charge is -2.47. The molecule has 2 N–H and O–H groups in total. The summed E-state index contributed by atoms with van der Waals surface area (Å²) in [5, 5.41) is 12.4. The van der Waals surface area contributed by atoms with Crippen molar-refractivity contribution >= 4 is 6.09 Å². The molecule has 1 amide bonds. The number of carboxylic acid groups (broad SMARTS) is 1. The van der Waals surface area contributed by atoms with Gasteiger partial charge >= 0.3 is 6.09 Å². The second-order valence-electron chi connectivity index (χ2n) is 4.12. The Kier molecular flexibility index (Phi) is 3.16. The summed E-state index contributed by atoms with van der Waals surface area (Å²) in [6.07, 6.45) is 1.61. The fourth-order valence-electron chi connectivity index (χ4n) is 2.16. The smallest absolute Gasteiger partial charge is 0.408 e. The Morgan fingerprint density at radius 1 is 1.86 bits per heavy atom. The van der Waals surface area contributed by atoms with Gasteiger partial charge in [0.2, 0.25) is 0 Å². The molecule has 0 aromatic rings. The summed E-state index contributed by atoms with van der Waals surface area (Å²) in [4.78, 5) is 12.7. The highest BCUT2D eigenvalue weighted by Crippen LogP contribution is 2.25. The van der Waals surface area contributed by atoms with Gasteiger partial charge in [0.25, 0.3) is 0 Å². The molecular formula is C10H18N2O2. The number of nitrogens with one attached hydrogen (secondary N) is 1. The van der Waals surface area contributed by atoms with Gasteiger partial charge in [0.15, 0.2) is 0 Å². The Morgan fingerprint density at radius 3 is 3.00 bits per heavy atom. The third kappa shape index (κ3) is 1.90. The van der Waals surface area contributed by atoms with Gasteiger partial charge in [0.05, 0.1) is 5.54 Å². The second kappa shape index (κ2) is 4.00. The zero-order valence-corrected chi connectivity index (χ0v) is 8.79. The Bertz CT molecular complexity index is 242. The van der Waals surface area contributed by atoms with Gasteiger partial charge in [-0.15, -0.1) is 6.58 Å². The zero-order chi connectivity index (χ0) is 10.8. The highest BCUT2D eigenvalue weighted by atomic mass is 16.4. The lowest BCUT2D eigenvalue weighted by Crippen LogP contribution is -2.64. The Balaban J connectivity index is 2.88. The van der Waals surface area contributed by atoms with E-state index in [-0.39, 0.29) is 11.6 Å². The van der Waals surface area contributed by atoms with E-state index in [0.29, 0.717) is 13.0 Å². The van der Waals surface area contributed by atoms with Crippen molar-refractivity contribution in [2.75, 3.05) is 13.1 Å². The van der Waals surface area contributed by atoms with Crippen LogP contribution in [0.15, 0.2) is 12.7 Å². The van der Waals surface area contributed by atoms with E-state index in [1.54, 1.807) is 6.08 Å². The molecule has 1 heterocycles. The molecular weight excluding hydrogens is 180 g/mol. The van der Waals surface area contributed by atoms with Crippen LogP contribution in [0.5, 0.6) is 0 Å². The number of hydrogen-bond acceptors (Lipinski definition) is 2. The van der Waals surface area contributed by atoms with Crippen molar-refractivity contribution in [2.45, 2.75) is 31.8 Å². The number of piperazine rings is 1. The molecule has 1 fully saturated rings. The van der Waals surface area contributed by atoms with Crippen molar-refractivity contribution in [1.29, 1.82) is 0 Å². The maximum absolute atomic E-state index is 11.1. The Morgan fingerprint density at radius 2 is 2.50 bits per heavy atom. The van der Waals surface area contributed by atoms with Crippen molar-refractivity contribution in [3.8, 4) is 0 Å². The van der Waals surface area contributed by atoms with Gasteiger partial charge in [0.1, 0.15) is 0 Å². The zero-order valence-electron chi connectivity index (χ0n) is 8.79. The molecule has 0 aromatic heterocycles. The van der Waals surface area contributed by atoms with E-state index in [4.69, 9.17) is 5.11 Å². The number of carbonyl (C=O) groups is 1. The molecule has 0 spiro atoms. The van der Waals surface area contributed by atoms with Gasteiger partial charge < -0.3 is 10.4 Å². The molecule has 1 rings (SSSR count). The van der Waals surface area contributed by atoms with Crippen molar-refractivity contribution in [1.82, 2.24) is 10.2 Å². The van der Waals surface area contributed by atoms with E-state index in [9.17, 15) is 4.79 Å². The van der Waals surface area contributed by atoms with Crippen molar-refractivity contribution in [3.05, 3.63) is 12.7 Å². The highest BCUT2D eigenvalue weighted by molar-refractivity contribution is 5.67. The maximum atomic E-state index is 11.1.